The number of hydrogen-bond acceptors (Lipinski definition) is 5. The number of aromatic nitrogens is 6. The lowest BCUT2D eigenvalue weighted by Gasteiger charge is -2.11. The van der Waals surface area contributed by atoms with Gasteiger partial charge in [0.25, 0.3) is 0 Å². The van der Waals surface area contributed by atoms with Gasteiger partial charge in [-0.05, 0) is 23.8 Å². The minimum atomic E-state index is -0.550. The van der Waals surface area contributed by atoms with Crippen LogP contribution in [0.2, 0.25) is 0 Å². The summed E-state index contributed by atoms with van der Waals surface area (Å²) in [4.78, 5) is 19.4. The van der Waals surface area contributed by atoms with Crippen molar-refractivity contribution >= 4 is 22.2 Å². The third-order valence-corrected chi connectivity index (χ3v) is 4.15. The van der Waals surface area contributed by atoms with E-state index in [1.807, 2.05) is 53.1 Å². The van der Waals surface area contributed by atoms with E-state index in [1.54, 1.807) is 31.2 Å². The molecule has 134 valence electrons. The van der Waals surface area contributed by atoms with Crippen LogP contribution in [0.4, 0.5) is 0 Å². The molecule has 7 heteroatoms. The van der Waals surface area contributed by atoms with Crippen molar-refractivity contribution in [2.45, 2.75) is 12.6 Å². The van der Waals surface area contributed by atoms with E-state index in [9.17, 15) is 5.11 Å². The lowest BCUT2D eigenvalue weighted by atomic mass is 10.1. The molecule has 27 heavy (non-hydrogen) atoms. The SMILES string of the molecule is OC(Cn1cnc2cccnc21)c1ccccc1.c1cc2nc[nH]c2cn1. The number of nitrogens with one attached hydrogen (secondary N) is 1. The Morgan fingerprint density at radius 1 is 0.926 bits per heavy atom. The van der Waals surface area contributed by atoms with Gasteiger partial charge in [-0.2, -0.15) is 0 Å². The van der Waals surface area contributed by atoms with Crippen molar-refractivity contribution < 1.29 is 5.11 Å². The standard InChI is InChI=1S/C14H13N3O.C6H5N3/c18-13(11-5-2-1-3-6-11)9-17-10-16-12-7-4-8-15-14(12)17;1-2-7-3-6-5(1)8-4-9-6/h1-8,10,13,18H,9H2;1-4H,(H,8,9). The zero-order valence-corrected chi connectivity index (χ0v) is 14.5. The predicted octanol–water partition coefficient (Wildman–Crippen LogP) is 3.12. The molecule has 2 N–H and O–H groups in total. The molecule has 0 bridgehead atoms. The molecule has 4 aromatic heterocycles. The third-order valence-electron chi connectivity index (χ3n) is 4.15. The minimum Gasteiger partial charge on any atom is -0.387 e. The quantitative estimate of drug-likeness (QED) is 0.517. The van der Waals surface area contributed by atoms with Gasteiger partial charge in [-0.1, -0.05) is 30.3 Å². The Morgan fingerprint density at radius 2 is 1.81 bits per heavy atom. The van der Waals surface area contributed by atoms with Gasteiger partial charge in [0.15, 0.2) is 5.65 Å². The largest absolute Gasteiger partial charge is 0.387 e. The van der Waals surface area contributed by atoms with Crippen LogP contribution in [-0.4, -0.2) is 34.6 Å². The second-order valence-electron chi connectivity index (χ2n) is 5.96. The number of hydrogen-bond donors (Lipinski definition) is 2. The van der Waals surface area contributed by atoms with Crippen LogP contribution >= 0.6 is 0 Å². The highest BCUT2D eigenvalue weighted by molar-refractivity contribution is 5.72. The molecule has 0 saturated heterocycles. The van der Waals surface area contributed by atoms with Crippen molar-refractivity contribution in [3.8, 4) is 0 Å². The monoisotopic (exact) mass is 358 g/mol. The number of benzene rings is 1. The van der Waals surface area contributed by atoms with Gasteiger partial charge in [-0.25, -0.2) is 15.0 Å². The summed E-state index contributed by atoms with van der Waals surface area (Å²) < 4.78 is 1.87. The summed E-state index contributed by atoms with van der Waals surface area (Å²) in [5, 5.41) is 10.2. The third kappa shape index (κ3) is 3.83. The van der Waals surface area contributed by atoms with Crippen LogP contribution in [0, 0.1) is 0 Å². The zero-order chi connectivity index (χ0) is 18.5. The van der Waals surface area contributed by atoms with E-state index in [4.69, 9.17) is 0 Å². The fourth-order valence-corrected chi connectivity index (χ4v) is 2.78. The first-order valence-corrected chi connectivity index (χ1v) is 8.53. The summed E-state index contributed by atoms with van der Waals surface area (Å²) in [7, 11) is 0. The summed E-state index contributed by atoms with van der Waals surface area (Å²) in [5.74, 6) is 0. The van der Waals surface area contributed by atoms with Crippen molar-refractivity contribution in [3.05, 3.63) is 85.3 Å². The fourth-order valence-electron chi connectivity index (χ4n) is 2.78. The molecule has 1 unspecified atom stereocenters. The molecule has 0 fully saturated rings. The van der Waals surface area contributed by atoms with E-state index in [0.717, 1.165) is 27.8 Å². The number of rotatable bonds is 3. The van der Waals surface area contributed by atoms with E-state index in [1.165, 1.54) is 0 Å². The Kier molecular flexibility index (Phi) is 4.84. The molecule has 7 nitrogen and oxygen atoms in total. The molecule has 0 spiro atoms. The van der Waals surface area contributed by atoms with Crippen molar-refractivity contribution in [2.75, 3.05) is 0 Å². The average molecular weight is 358 g/mol. The van der Waals surface area contributed by atoms with Crippen LogP contribution in [0.3, 0.4) is 0 Å². The molecule has 1 aromatic carbocycles. The molecule has 0 aliphatic rings. The first-order valence-electron chi connectivity index (χ1n) is 8.53. The van der Waals surface area contributed by atoms with Crippen LogP contribution in [0.1, 0.15) is 11.7 Å². The molecular weight excluding hydrogens is 340 g/mol. The number of nitrogens with zero attached hydrogens (tertiary/aromatic N) is 5. The number of pyridine rings is 2. The van der Waals surface area contributed by atoms with Gasteiger partial charge in [-0.15, -0.1) is 0 Å². The maximum Gasteiger partial charge on any atom is 0.159 e. The Morgan fingerprint density at radius 3 is 2.67 bits per heavy atom. The normalized spacial score (nSPS) is 11.9. The van der Waals surface area contributed by atoms with E-state index in [2.05, 4.69) is 24.9 Å². The number of H-pyrrole nitrogens is 1. The molecule has 0 aliphatic heterocycles. The van der Waals surface area contributed by atoms with E-state index in [-0.39, 0.29) is 0 Å². The number of aliphatic hydroxyl groups excluding tert-OH is 1. The first-order chi connectivity index (χ1) is 13.3. The number of imidazole rings is 2. The summed E-state index contributed by atoms with van der Waals surface area (Å²) in [6.07, 6.45) is 8.03. The van der Waals surface area contributed by atoms with E-state index in [0.29, 0.717) is 6.54 Å². The van der Waals surface area contributed by atoms with E-state index >= 15 is 0 Å². The molecule has 0 radical (unpaired) electrons. The van der Waals surface area contributed by atoms with Crippen LogP contribution in [0.15, 0.2) is 79.8 Å². The fraction of sp³-hybridized carbons (Fsp3) is 0.100. The smallest absolute Gasteiger partial charge is 0.159 e. The van der Waals surface area contributed by atoms with Crippen LogP contribution < -0.4 is 0 Å². The minimum absolute atomic E-state index is 0.456. The van der Waals surface area contributed by atoms with Crippen molar-refractivity contribution in [1.82, 2.24) is 29.5 Å². The second kappa shape index (κ2) is 7.76. The van der Waals surface area contributed by atoms with Crippen molar-refractivity contribution in [2.24, 2.45) is 0 Å². The molecule has 0 saturated carbocycles. The molecule has 1 atom stereocenters. The summed E-state index contributed by atoms with van der Waals surface area (Å²) in [6.45, 7) is 0.456. The van der Waals surface area contributed by atoms with E-state index < -0.39 is 6.10 Å². The summed E-state index contributed by atoms with van der Waals surface area (Å²) in [5.41, 5.74) is 4.49. The summed E-state index contributed by atoms with van der Waals surface area (Å²) >= 11 is 0. The number of fused-ring (bicyclic) bond motifs is 2. The van der Waals surface area contributed by atoms with Gasteiger partial charge in [0, 0.05) is 12.4 Å². The lowest BCUT2D eigenvalue weighted by Crippen LogP contribution is -2.08. The predicted molar refractivity (Wildman–Crippen MR) is 103 cm³/mol. The highest BCUT2D eigenvalue weighted by atomic mass is 16.3. The first kappa shape index (κ1) is 16.9. The topological polar surface area (TPSA) is 92.5 Å². The maximum atomic E-state index is 10.2. The molecule has 4 heterocycles. The van der Waals surface area contributed by atoms with Gasteiger partial charge in [0.1, 0.15) is 5.52 Å². The molecule has 5 rings (SSSR count). The zero-order valence-electron chi connectivity index (χ0n) is 14.5. The van der Waals surface area contributed by atoms with Crippen molar-refractivity contribution in [3.63, 3.8) is 0 Å². The van der Waals surface area contributed by atoms with Gasteiger partial charge in [0.05, 0.1) is 42.5 Å². The highest BCUT2D eigenvalue weighted by Crippen LogP contribution is 2.17. The van der Waals surface area contributed by atoms with Crippen LogP contribution in [-0.2, 0) is 6.54 Å². The molecule has 0 aliphatic carbocycles. The highest BCUT2D eigenvalue weighted by Gasteiger charge is 2.10. The summed E-state index contributed by atoms with van der Waals surface area (Å²) in [6, 6.07) is 15.2. The van der Waals surface area contributed by atoms with Crippen LogP contribution in [0.5, 0.6) is 0 Å². The van der Waals surface area contributed by atoms with Crippen molar-refractivity contribution in [1.29, 1.82) is 0 Å². The average Bonchev–Trinajstić information content (AvgIpc) is 3.36. The Balaban J connectivity index is 0.000000167. The maximum absolute atomic E-state index is 10.2. The lowest BCUT2D eigenvalue weighted by molar-refractivity contribution is 0.157. The Hall–Kier alpha value is -3.58. The van der Waals surface area contributed by atoms with Gasteiger partial charge in [-0.3, -0.25) is 4.98 Å². The second-order valence-corrected chi connectivity index (χ2v) is 5.96. The Labute approximate surface area is 155 Å². The number of aromatic amines is 1. The van der Waals surface area contributed by atoms with Crippen LogP contribution in [0.25, 0.3) is 22.2 Å². The molecular formula is C20H18N6O. The Bertz CT molecular complexity index is 1100. The van der Waals surface area contributed by atoms with Gasteiger partial charge in [0.2, 0.25) is 0 Å². The van der Waals surface area contributed by atoms with Gasteiger partial charge < -0.3 is 14.7 Å². The van der Waals surface area contributed by atoms with Gasteiger partial charge >= 0.3 is 0 Å². The molecule has 5 aromatic rings. The number of aliphatic hydroxyl groups is 1. The molecule has 0 amide bonds.